The number of nitrogens with one attached hydrogen (secondary N) is 2. The number of aromatic nitrogens is 1. The Hall–Kier alpha value is -2.48. The quantitative estimate of drug-likeness (QED) is 0.835. The van der Waals surface area contributed by atoms with E-state index in [1.807, 2.05) is 26.2 Å². The van der Waals surface area contributed by atoms with Gasteiger partial charge >= 0.3 is 6.36 Å². The Bertz CT molecular complexity index is 786. The molecule has 3 atom stereocenters. The highest BCUT2D eigenvalue weighted by Gasteiger charge is 2.38. The van der Waals surface area contributed by atoms with Gasteiger partial charge in [-0.3, -0.25) is 4.79 Å². The first-order valence-corrected chi connectivity index (χ1v) is 8.88. The zero-order valence-corrected chi connectivity index (χ0v) is 15.2. The summed E-state index contributed by atoms with van der Waals surface area (Å²) in [5, 5.41) is 2.79. The molecule has 2 N–H and O–H groups in total. The van der Waals surface area contributed by atoms with E-state index < -0.39 is 6.36 Å². The first-order valence-electron chi connectivity index (χ1n) is 8.88. The molecule has 0 bridgehead atoms. The van der Waals surface area contributed by atoms with Crippen LogP contribution < -0.4 is 15.0 Å². The van der Waals surface area contributed by atoms with E-state index in [0.29, 0.717) is 5.69 Å². The van der Waals surface area contributed by atoms with E-state index in [2.05, 4.69) is 20.7 Å². The van der Waals surface area contributed by atoms with Gasteiger partial charge in [-0.1, -0.05) is 0 Å². The number of quaternary nitrogens is 1. The second kappa shape index (κ2) is 7.64. The number of nitrogens with zero attached hydrogens (tertiary/aromatic N) is 1. The van der Waals surface area contributed by atoms with E-state index in [0.717, 1.165) is 19.4 Å². The molecule has 2 heterocycles. The Kier molecular flexibility index (Phi) is 5.46. The molecule has 1 saturated heterocycles. The van der Waals surface area contributed by atoms with E-state index >= 15 is 0 Å². The summed E-state index contributed by atoms with van der Waals surface area (Å²) in [5.74, 6) is -0.474. The summed E-state index contributed by atoms with van der Waals surface area (Å²) in [6.07, 6.45) is -0.661. The van der Waals surface area contributed by atoms with Gasteiger partial charge in [0.05, 0.1) is 12.2 Å². The highest BCUT2D eigenvalue weighted by Crippen LogP contribution is 2.24. The van der Waals surface area contributed by atoms with Gasteiger partial charge < -0.3 is 19.5 Å². The predicted octanol–water partition coefficient (Wildman–Crippen LogP) is 2.67. The molecule has 1 aromatic carbocycles. The van der Waals surface area contributed by atoms with Crippen molar-refractivity contribution < 1.29 is 27.6 Å². The molecule has 1 unspecified atom stereocenters. The topological polar surface area (TPSA) is 47.7 Å². The van der Waals surface area contributed by atoms with E-state index in [1.165, 1.54) is 34.9 Å². The van der Waals surface area contributed by atoms with Gasteiger partial charge in [0.15, 0.2) is 6.04 Å². The zero-order valence-electron chi connectivity index (χ0n) is 15.2. The lowest BCUT2D eigenvalue weighted by molar-refractivity contribution is -0.932. The van der Waals surface area contributed by atoms with Crippen LogP contribution in [0.1, 0.15) is 31.5 Å². The second-order valence-electron chi connectivity index (χ2n) is 6.85. The number of benzene rings is 1. The molecule has 0 aliphatic carbocycles. The third-order valence-electron chi connectivity index (χ3n) is 5.05. The third kappa shape index (κ3) is 4.63. The van der Waals surface area contributed by atoms with E-state index in [1.54, 1.807) is 0 Å². The summed E-state index contributed by atoms with van der Waals surface area (Å²) in [6, 6.07) is 9.23. The van der Waals surface area contributed by atoms with Gasteiger partial charge in [0.25, 0.3) is 5.91 Å². The van der Waals surface area contributed by atoms with Crippen LogP contribution in [0.5, 0.6) is 5.75 Å². The molecule has 1 aliphatic rings. The number of hydrogen-bond donors (Lipinski definition) is 2. The molecule has 0 radical (unpaired) electrons. The number of hydrogen-bond acceptors (Lipinski definition) is 2. The minimum atomic E-state index is -4.73. The largest absolute Gasteiger partial charge is 0.573 e. The number of likely N-dealkylation sites (tertiary alicyclic amines) is 1. The lowest BCUT2D eigenvalue weighted by atomic mass is 10.1. The van der Waals surface area contributed by atoms with Crippen LogP contribution in [0.25, 0.3) is 0 Å². The minimum Gasteiger partial charge on any atom is -0.406 e. The summed E-state index contributed by atoms with van der Waals surface area (Å²) in [6.45, 7) is 2.79. The van der Waals surface area contributed by atoms with Gasteiger partial charge in [-0.05, 0) is 43.3 Å². The Morgan fingerprint density at radius 1 is 1.30 bits per heavy atom. The molecule has 0 spiro atoms. The summed E-state index contributed by atoms with van der Waals surface area (Å²) in [7, 11) is 2.00. The van der Waals surface area contributed by atoms with Crippen LogP contribution in [-0.4, -0.2) is 29.4 Å². The second-order valence-corrected chi connectivity index (χ2v) is 6.85. The van der Waals surface area contributed by atoms with Crippen molar-refractivity contribution >= 4 is 11.6 Å². The Balaban J connectivity index is 1.64. The van der Waals surface area contributed by atoms with Gasteiger partial charge in [0.1, 0.15) is 11.8 Å². The molecule has 8 heteroatoms. The molecule has 0 saturated carbocycles. The number of carbonyl (C=O) groups excluding carboxylic acids is 1. The molecule has 1 aliphatic heterocycles. The fraction of sp³-hybridized carbons (Fsp3) is 0.421. The molecule has 3 rings (SSSR count). The number of alkyl halides is 3. The molecule has 1 fully saturated rings. The van der Waals surface area contributed by atoms with Crippen LogP contribution in [0, 0.1) is 0 Å². The van der Waals surface area contributed by atoms with Crippen LogP contribution in [0.15, 0.2) is 42.6 Å². The molecule has 1 amide bonds. The highest BCUT2D eigenvalue weighted by atomic mass is 19.4. The third-order valence-corrected chi connectivity index (χ3v) is 5.05. The summed E-state index contributed by atoms with van der Waals surface area (Å²) in [4.78, 5) is 13.9. The summed E-state index contributed by atoms with van der Waals surface area (Å²) < 4.78 is 42.6. The number of aryl methyl sites for hydroxylation is 1. The lowest BCUT2D eigenvalue weighted by Gasteiger charge is -2.27. The van der Waals surface area contributed by atoms with Crippen molar-refractivity contribution in [3.8, 4) is 5.75 Å². The predicted molar refractivity (Wildman–Crippen MR) is 94.4 cm³/mol. The molecule has 1 aromatic heterocycles. The Labute approximate surface area is 155 Å². The number of carbonyl (C=O) groups is 1. The van der Waals surface area contributed by atoms with Crippen molar-refractivity contribution in [1.29, 1.82) is 0 Å². The van der Waals surface area contributed by atoms with Crippen LogP contribution >= 0.6 is 0 Å². The van der Waals surface area contributed by atoms with Crippen LogP contribution in [0.3, 0.4) is 0 Å². The highest BCUT2D eigenvalue weighted by molar-refractivity contribution is 5.93. The molecule has 2 aromatic rings. The van der Waals surface area contributed by atoms with Crippen molar-refractivity contribution in [3.05, 3.63) is 48.3 Å². The number of ether oxygens (including phenoxy) is 1. The molecule has 5 nitrogen and oxygen atoms in total. The Morgan fingerprint density at radius 2 is 2.00 bits per heavy atom. The summed E-state index contributed by atoms with van der Waals surface area (Å²) >= 11 is 0. The first-order chi connectivity index (χ1) is 12.7. The Morgan fingerprint density at radius 3 is 2.59 bits per heavy atom. The average Bonchev–Trinajstić information content (AvgIpc) is 3.22. The monoisotopic (exact) mass is 382 g/mol. The lowest BCUT2D eigenvalue weighted by Crippen LogP contribution is -3.15. The molecule has 27 heavy (non-hydrogen) atoms. The fourth-order valence-electron chi connectivity index (χ4n) is 3.72. The van der Waals surface area contributed by atoms with Crippen molar-refractivity contribution in [2.24, 2.45) is 7.05 Å². The normalized spacial score (nSPS) is 21.1. The van der Waals surface area contributed by atoms with Crippen LogP contribution in [-0.2, 0) is 11.8 Å². The smallest absolute Gasteiger partial charge is 0.406 e. The zero-order chi connectivity index (χ0) is 19.6. The standard InChI is InChI=1S/C19H22F3N3O2/c1-13(25-12-4-6-17(25)16-5-3-11-24(16)2)18(26)23-14-7-9-15(10-8-14)27-19(20,21)22/h3,5,7-11,13,17H,4,6,12H2,1-2H3,(H,23,26)/p+1/t13-,17-/m1/s1. The van der Waals surface area contributed by atoms with E-state index in [-0.39, 0.29) is 23.7 Å². The average molecular weight is 382 g/mol. The van der Waals surface area contributed by atoms with Crippen molar-refractivity contribution in [2.75, 3.05) is 11.9 Å². The molecular weight excluding hydrogens is 359 g/mol. The van der Waals surface area contributed by atoms with Gasteiger partial charge in [0.2, 0.25) is 0 Å². The maximum atomic E-state index is 12.7. The number of amides is 1. The number of anilines is 1. The van der Waals surface area contributed by atoms with Gasteiger partial charge in [0, 0.05) is 31.8 Å². The van der Waals surface area contributed by atoms with Gasteiger partial charge in [-0.2, -0.15) is 0 Å². The molecular formula is C19H23F3N3O2+. The van der Waals surface area contributed by atoms with Gasteiger partial charge in [-0.25, -0.2) is 0 Å². The van der Waals surface area contributed by atoms with E-state index in [9.17, 15) is 18.0 Å². The van der Waals surface area contributed by atoms with Gasteiger partial charge in [-0.15, -0.1) is 13.2 Å². The SMILES string of the molecule is C[C@H](C(=O)Nc1ccc(OC(F)(F)F)cc1)[NH+]1CCC[C@@H]1c1cccn1C. The van der Waals surface area contributed by atoms with Crippen LogP contribution in [0.4, 0.5) is 18.9 Å². The first kappa shape index (κ1) is 19.3. The maximum absolute atomic E-state index is 12.7. The number of rotatable bonds is 5. The number of halogens is 3. The molecule has 146 valence electrons. The van der Waals surface area contributed by atoms with Crippen LogP contribution in [0.2, 0.25) is 0 Å². The van der Waals surface area contributed by atoms with Crippen molar-refractivity contribution in [2.45, 2.75) is 38.2 Å². The van der Waals surface area contributed by atoms with Crippen molar-refractivity contribution in [3.63, 3.8) is 0 Å². The maximum Gasteiger partial charge on any atom is 0.573 e. The minimum absolute atomic E-state index is 0.157. The fourth-order valence-corrected chi connectivity index (χ4v) is 3.72. The van der Waals surface area contributed by atoms with Crippen molar-refractivity contribution in [1.82, 2.24) is 4.57 Å². The summed E-state index contributed by atoms with van der Waals surface area (Å²) in [5.41, 5.74) is 1.64. The van der Waals surface area contributed by atoms with E-state index in [4.69, 9.17) is 0 Å².